The molecule has 1 aromatic heterocycles. The van der Waals surface area contributed by atoms with Crippen molar-refractivity contribution in [2.24, 2.45) is 5.10 Å². The predicted molar refractivity (Wildman–Crippen MR) is 132 cm³/mol. The van der Waals surface area contributed by atoms with Gasteiger partial charge in [-0.2, -0.15) is 5.10 Å². The van der Waals surface area contributed by atoms with Crippen LogP contribution in [0.3, 0.4) is 0 Å². The second kappa shape index (κ2) is 12.0. The van der Waals surface area contributed by atoms with Crippen molar-refractivity contribution in [2.45, 2.75) is 13.8 Å². The highest BCUT2D eigenvalue weighted by Gasteiger charge is 2.15. The zero-order valence-electron chi connectivity index (χ0n) is 18.5. The molecule has 0 radical (unpaired) electrons. The second-order valence-electron chi connectivity index (χ2n) is 7.01. The molecule has 0 unspecified atom stereocenters. The van der Waals surface area contributed by atoms with Crippen molar-refractivity contribution in [1.82, 2.24) is 10.4 Å². The summed E-state index contributed by atoms with van der Waals surface area (Å²) in [4.78, 5) is 28.3. The zero-order valence-corrected chi connectivity index (χ0v) is 20.0. The highest BCUT2D eigenvalue weighted by molar-refractivity contribution is 6.33. The fraction of sp³-hybridized carbons (Fsp3) is 0.167. The molecule has 34 heavy (non-hydrogen) atoms. The highest BCUT2D eigenvalue weighted by Crippen LogP contribution is 2.36. The largest absolute Gasteiger partial charge is 0.490 e. The van der Waals surface area contributed by atoms with Gasteiger partial charge < -0.3 is 14.8 Å². The lowest BCUT2D eigenvalue weighted by molar-refractivity contribution is -0.118. The van der Waals surface area contributed by atoms with Gasteiger partial charge in [-0.1, -0.05) is 40.9 Å². The van der Waals surface area contributed by atoms with E-state index in [0.29, 0.717) is 23.6 Å². The summed E-state index contributed by atoms with van der Waals surface area (Å²) in [7, 11) is 0. The van der Waals surface area contributed by atoms with Gasteiger partial charge in [-0.05, 0) is 55.8 Å². The van der Waals surface area contributed by atoms with E-state index in [1.165, 1.54) is 18.5 Å². The van der Waals surface area contributed by atoms with E-state index in [1.54, 1.807) is 37.3 Å². The van der Waals surface area contributed by atoms with Gasteiger partial charge in [-0.3, -0.25) is 9.59 Å². The molecule has 176 valence electrons. The second-order valence-corrected chi connectivity index (χ2v) is 7.77. The van der Waals surface area contributed by atoms with Crippen molar-refractivity contribution in [3.05, 3.63) is 81.6 Å². The van der Waals surface area contributed by atoms with E-state index in [-0.39, 0.29) is 34.0 Å². The summed E-state index contributed by atoms with van der Waals surface area (Å²) in [5, 5.41) is 6.98. The van der Waals surface area contributed by atoms with Crippen molar-refractivity contribution in [3.63, 3.8) is 0 Å². The lowest BCUT2D eigenvalue weighted by Crippen LogP contribution is -2.20. The van der Waals surface area contributed by atoms with E-state index in [1.807, 2.05) is 19.1 Å². The molecule has 2 aromatic carbocycles. The standard InChI is InChI=1S/C24H22Cl2N4O4/c1-3-33-20-12-16(13-28-30-24(32)18-5-4-10-27-23(18)26)11-19(25)22(20)34-14-21(31)29-17-8-6-15(2)7-9-17/h4-13H,3,14H2,1-2H3,(H,29,31)(H,30,32). The predicted octanol–water partition coefficient (Wildman–Crippen LogP) is 4.88. The molecule has 2 N–H and O–H groups in total. The van der Waals surface area contributed by atoms with E-state index < -0.39 is 5.91 Å². The first-order valence-electron chi connectivity index (χ1n) is 10.3. The van der Waals surface area contributed by atoms with Gasteiger partial charge in [-0.15, -0.1) is 0 Å². The number of nitrogens with one attached hydrogen (secondary N) is 2. The Morgan fingerprint density at radius 1 is 1.12 bits per heavy atom. The topological polar surface area (TPSA) is 102 Å². The number of ether oxygens (including phenoxy) is 2. The fourth-order valence-corrected chi connectivity index (χ4v) is 3.30. The van der Waals surface area contributed by atoms with Crippen molar-refractivity contribution in [3.8, 4) is 11.5 Å². The van der Waals surface area contributed by atoms with Gasteiger partial charge in [0.15, 0.2) is 18.1 Å². The summed E-state index contributed by atoms with van der Waals surface area (Å²) >= 11 is 12.3. The van der Waals surface area contributed by atoms with E-state index in [2.05, 4.69) is 20.8 Å². The molecular formula is C24H22Cl2N4O4. The maximum Gasteiger partial charge on any atom is 0.274 e. The molecule has 0 atom stereocenters. The van der Waals surface area contributed by atoms with Crippen LogP contribution in [0.5, 0.6) is 11.5 Å². The first-order valence-corrected chi connectivity index (χ1v) is 11.0. The van der Waals surface area contributed by atoms with Gasteiger partial charge >= 0.3 is 0 Å². The van der Waals surface area contributed by atoms with E-state index in [9.17, 15) is 9.59 Å². The van der Waals surface area contributed by atoms with Crippen molar-refractivity contribution in [1.29, 1.82) is 0 Å². The van der Waals surface area contributed by atoms with Gasteiger partial charge in [0.25, 0.3) is 11.8 Å². The summed E-state index contributed by atoms with van der Waals surface area (Å²) in [5.41, 5.74) is 4.87. The smallest absolute Gasteiger partial charge is 0.274 e. The van der Waals surface area contributed by atoms with Crippen LogP contribution in [-0.2, 0) is 4.79 Å². The number of carbonyl (C=O) groups excluding carboxylic acids is 2. The molecule has 2 amide bonds. The Morgan fingerprint density at radius 3 is 2.59 bits per heavy atom. The molecule has 0 saturated carbocycles. The maximum atomic E-state index is 12.3. The number of anilines is 1. The first-order chi connectivity index (χ1) is 16.4. The third-order valence-electron chi connectivity index (χ3n) is 4.40. The summed E-state index contributed by atoms with van der Waals surface area (Å²) in [5.74, 6) is -0.290. The maximum absolute atomic E-state index is 12.3. The van der Waals surface area contributed by atoms with Crippen LogP contribution < -0.4 is 20.2 Å². The molecule has 0 aliphatic rings. The van der Waals surface area contributed by atoms with E-state index >= 15 is 0 Å². The lowest BCUT2D eigenvalue weighted by Gasteiger charge is -2.14. The van der Waals surface area contributed by atoms with Crippen LogP contribution in [0.25, 0.3) is 0 Å². The first kappa shape index (κ1) is 25.0. The summed E-state index contributed by atoms with van der Waals surface area (Å²) < 4.78 is 11.3. The average Bonchev–Trinajstić information content (AvgIpc) is 2.80. The van der Waals surface area contributed by atoms with Crippen molar-refractivity contribution in [2.75, 3.05) is 18.5 Å². The molecule has 0 spiro atoms. The molecule has 1 heterocycles. The van der Waals surface area contributed by atoms with Crippen molar-refractivity contribution < 1.29 is 19.1 Å². The van der Waals surface area contributed by atoms with Gasteiger partial charge in [0.05, 0.1) is 23.4 Å². The molecule has 0 aliphatic heterocycles. The lowest BCUT2D eigenvalue weighted by atomic mass is 10.2. The van der Waals surface area contributed by atoms with Gasteiger partial charge in [-0.25, -0.2) is 10.4 Å². The van der Waals surface area contributed by atoms with Crippen LogP contribution in [-0.4, -0.2) is 36.2 Å². The van der Waals surface area contributed by atoms with Crippen molar-refractivity contribution >= 4 is 46.9 Å². The minimum Gasteiger partial charge on any atom is -0.490 e. The molecule has 0 saturated heterocycles. The van der Waals surface area contributed by atoms with Crippen LogP contribution in [0.4, 0.5) is 5.69 Å². The number of halogens is 2. The minimum absolute atomic E-state index is 0.0739. The number of hydrazone groups is 1. The minimum atomic E-state index is -0.509. The highest BCUT2D eigenvalue weighted by atomic mass is 35.5. The third kappa shape index (κ3) is 6.94. The Bertz CT molecular complexity index is 1200. The molecule has 0 fully saturated rings. The van der Waals surface area contributed by atoms with E-state index in [4.69, 9.17) is 32.7 Å². The summed E-state index contributed by atoms with van der Waals surface area (Å²) in [6, 6.07) is 13.7. The monoisotopic (exact) mass is 500 g/mol. The molecular weight excluding hydrogens is 479 g/mol. The average molecular weight is 501 g/mol. The van der Waals surface area contributed by atoms with Crippen LogP contribution in [0, 0.1) is 6.92 Å². The number of amides is 2. The number of carbonyl (C=O) groups is 2. The normalized spacial score (nSPS) is 10.7. The van der Waals surface area contributed by atoms with Gasteiger partial charge in [0.2, 0.25) is 0 Å². The van der Waals surface area contributed by atoms with Crippen LogP contribution in [0.1, 0.15) is 28.4 Å². The Kier molecular flexibility index (Phi) is 8.84. The Hall–Kier alpha value is -3.62. The van der Waals surface area contributed by atoms with Crippen LogP contribution in [0.15, 0.2) is 59.8 Å². The molecule has 3 rings (SSSR count). The number of rotatable bonds is 9. The fourth-order valence-electron chi connectivity index (χ4n) is 2.82. The number of aromatic nitrogens is 1. The SMILES string of the molecule is CCOc1cc(C=NNC(=O)c2cccnc2Cl)cc(Cl)c1OCC(=O)Nc1ccc(C)cc1. The summed E-state index contributed by atoms with van der Waals surface area (Å²) in [6.07, 6.45) is 2.87. The quantitative estimate of drug-likeness (QED) is 0.247. The Morgan fingerprint density at radius 2 is 1.88 bits per heavy atom. The molecule has 3 aromatic rings. The molecule has 10 heteroatoms. The number of aryl methyl sites for hydroxylation is 1. The van der Waals surface area contributed by atoms with Gasteiger partial charge in [0, 0.05) is 11.9 Å². The zero-order chi connectivity index (χ0) is 24.5. The number of hydrogen-bond donors (Lipinski definition) is 2. The van der Waals surface area contributed by atoms with E-state index in [0.717, 1.165) is 5.56 Å². The molecule has 0 bridgehead atoms. The number of nitrogens with zero attached hydrogens (tertiary/aromatic N) is 2. The number of hydrogen-bond acceptors (Lipinski definition) is 6. The Labute approximate surface area is 206 Å². The third-order valence-corrected chi connectivity index (χ3v) is 4.98. The van der Waals surface area contributed by atoms with Crippen LogP contribution >= 0.6 is 23.2 Å². The Balaban J connectivity index is 1.66. The van der Waals surface area contributed by atoms with Crippen LogP contribution in [0.2, 0.25) is 10.2 Å². The number of pyridine rings is 1. The summed E-state index contributed by atoms with van der Waals surface area (Å²) in [6.45, 7) is 3.85. The van der Waals surface area contributed by atoms with Gasteiger partial charge in [0.1, 0.15) is 5.15 Å². The molecule has 8 nitrogen and oxygen atoms in total. The number of benzene rings is 2. The molecule has 0 aliphatic carbocycles.